The average molecular weight is 382 g/mol. The van der Waals surface area contributed by atoms with Crippen molar-refractivity contribution < 1.29 is 19.1 Å². The van der Waals surface area contributed by atoms with E-state index in [1.165, 1.54) is 0 Å². The molecule has 0 unspecified atom stereocenters. The van der Waals surface area contributed by atoms with Crippen molar-refractivity contribution in [1.82, 2.24) is 4.90 Å². The minimum Gasteiger partial charge on any atom is -0.493 e. The molecule has 0 saturated heterocycles. The SMILES string of the molecule is CCCCOc1cc(/C=C(\C(N)=O)N2C(C)=CC(=C=O)C=C2C)ccc1OC. The molecule has 1 amide bonds. The summed E-state index contributed by atoms with van der Waals surface area (Å²) in [4.78, 5) is 24.9. The first-order valence-corrected chi connectivity index (χ1v) is 9.15. The van der Waals surface area contributed by atoms with Gasteiger partial charge in [-0.25, -0.2) is 4.79 Å². The van der Waals surface area contributed by atoms with Gasteiger partial charge in [0.1, 0.15) is 11.6 Å². The molecule has 1 aromatic carbocycles. The van der Waals surface area contributed by atoms with E-state index < -0.39 is 5.91 Å². The van der Waals surface area contributed by atoms with Gasteiger partial charge in [0, 0.05) is 11.4 Å². The van der Waals surface area contributed by atoms with Gasteiger partial charge in [-0.05, 0) is 56.2 Å². The molecule has 0 saturated carbocycles. The molecular formula is C22H26N2O4. The molecule has 1 aliphatic heterocycles. The lowest BCUT2D eigenvalue weighted by molar-refractivity contribution is -0.115. The minimum atomic E-state index is -0.580. The Morgan fingerprint density at radius 2 is 1.89 bits per heavy atom. The first-order chi connectivity index (χ1) is 13.4. The van der Waals surface area contributed by atoms with Gasteiger partial charge < -0.3 is 20.1 Å². The molecule has 1 aliphatic rings. The number of carbonyl (C=O) groups is 1. The highest BCUT2D eigenvalue weighted by Gasteiger charge is 2.22. The molecule has 28 heavy (non-hydrogen) atoms. The van der Waals surface area contributed by atoms with E-state index in [0.29, 0.717) is 35.1 Å². The molecule has 1 aromatic rings. The predicted octanol–water partition coefficient (Wildman–Crippen LogP) is 3.58. The molecule has 0 aliphatic carbocycles. The molecule has 0 aromatic heterocycles. The van der Waals surface area contributed by atoms with Crippen molar-refractivity contribution in [3.63, 3.8) is 0 Å². The average Bonchev–Trinajstić information content (AvgIpc) is 2.66. The fourth-order valence-corrected chi connectivity index (χ4v) is 2.96. The Hall–Kier alpha value is -3.24. The number of carbonyl (C=O) groups excluding carboxylic acids is 2. The highest BCUT2D eigenvalue weighted by molar-refractivity contribution is 5.97. The van der Waals surface area contributed by atoms with E-state index in [1.807, 2.05) is 18.1 Å². The summed E-state index contributed by atoms with van der Waals surface area (Å²) < 4.78 is 11.2. The molecule has 0 fully saturated rings. The van der Waals surface area contributed by atoms with Crippen LogP contribution < -0.4 is 15.2 Å². The number of allylic oxidation sites excluding steroid dienone is 5. The standard InChI is InChI=1S/C22H26N2O4/c1-5-6-9-28-21-13-17(7-8-20(21)27-4)12-19(22(23)26)24-15(2)10-18(14-25)11-16(24)3/h7-8,10-13H,5-6,9H2,1-4H3,(H2,23,26)/b19-12+. The molecule has 6 nitrogen and oxygen atoms in total. The summed E-state index contributed by atoms with van der Waals surface area (Å²) in [5.74, 6) is 2.52. The maximum absolute atomic E-state index is 12.2. The van der Waals surface area contributed by atoms with E-state index in [0.717, 1.165) is 18.4 Å². The Morgan fingerprint density at radius 1 is 1.21 bits per heavy atom. The second-order valence-corrected chi connectivity index (χ2v) is 6.47. The lowest BCUT2D eigenvalue weighted by atomic mass is 10.1. The third-order valence-electron chi connectivity index (χ3n) is 4.29. The monoisotopic (exact) mass is 382 g/mol. The van der Waals surface area contributed by atoms with Crippen LogP contribution in [0.3, 0.4) is 0 Å². The number of nitrogens with two attached hydrogens (primary N) is 1. The second kappa shape index (κ2) is 9.62. The Labute approximate surface area is 165 Å². The molecule has 0 bridgehead atoms. The van der Waals surface area contributed by atoms with E-state index in [2.05, 4.69) is 6.92 Å². The van der Waals surface area contributed by atoms with Crippen LogP contribution in [0.25, 0.3) is 6.08 Å². The molecule has 148 valence electrons. The van der Waals surface area contributed by atoms with Crippen LogP contribution in [0.5, 0.6) is 11.5 Å². The smallest absolute Gasteiger partial charge is 0.265 e. The van der Waals surface area contributed by atoms with Crippen molar-refractivity contribution in [2.75, 3.05) is 13.7 Å². The number of unbranched alkanes of at least 4 members (excludes halogenated alkanes) is 1. The number of hydrogen-bond donors (Lipinski definition) is 1. The molecule has 0 atom stereocenters. The number of amides is 1. The Balaban J connectivity index is 2.44. The normalized spacial score (nSPS) is 14.2. The number of rotatable bonds is 8. The van der Waals surface area contributed by atoms with Gasteiger partial charge in [0.05, 0.1) is 19.3 Å². The predicted molar refractivity (Wildman–Crippen MR) is 109 cm³/mol. The van der Waals surface area contributed by atoms with Gasteiger partial charge in [0.15, 0.2) is 11.5 Å². The van der Waals surface area contributed by atoms with Gasteiger partial charge >= 0.3 is 0 Å². The maximum Gasteiger partial charge on any atom is 0.265 e. The highest BCUT2D eigenvalue weighted by atomic mass is 16.5. The molecule has 0 radical (unpaired) electrons. The number of primary amides is 1. The largest absolute Gasteiger partial charge is 0.493 e. The fourth-order valence-electron chi connectivity index (χ4n) is 2.96. The molecular weight excluding hydrogens is 356 g/mol. The van der Waals surface area contributed by atoms with E-state index in [9.17, 15) is 9.59 Å². The van der Waals surface area contributed by atoms with Crippen molar-refractivity contribution in [3.05, 3.63) is 58.6 Å². The van der Waals surface area contributed by atoms with E-state index in [1.54, 1.807) is 50.2 Å². The zero-order valence-electron chi connectivity index (χ0n) is 16.7. The zero-order valence-corrected chi connectivity index (χ0v) is 16.7. The Kier molecular flexibility index (Phi) is 7.24. The molecule has 0 spiro atoms. The van der Waals surface area contributed by atoms with E-state index in [-0.39, 0.29) is 5.70 Å². The molecule has 2 N–H and O–H groups in total. The summed E-state index contributed by atoms with van der Waals surface area (Å²) in [6.45, 7) is 6.28. The zero-order chi connectivity index (χ0) is 20.7. The van der Waals surface area contributed by atoms with Crippen molar-refractivity contribution in [2.45, 2.75) is 33.6 Å². The van der Waals surface area contributed by atoms with E-state index >= 15 is 0 Å². The third kappa shape index (κ3) is 4.93. The van der Waals surface area contributed by atoms with Crippen LogP contribution >= 0.6 is 0 Å². The van der Waals surface area contributed by atoms with Crippen LogP contribution in [-0.2, 0) is 9.59 Å². The summed E-state index contributed by atoms with van der Waals surface area (Å²) in [7, 11) is 1.58. The molecule has 2 rings (SSSR count). The summed E-state index contributed by atoms with van der Waals surface area (Å²) in [5, 5.41) is 0. The fraction of sp³-hybridized carbons (Fsp3) is 0.318. The number of hydrogen-bond acceptors (Lipinski definition) is 5. The first-order valence-electron chi connectivity index (χ1n) is 9.15. The van der Waals surface area contributed by atoms with Crippen LogP contribution in [0.4, 0.5) is 0 Å². The Bertz CT molecular complexity index is 868. The lowest BCUT2D eigenvalue weighted by Gasteiger charge is -2.29. The molecule has 6 heteroatoms. The van der Waals surface area contributed by atoms with Crippen LogP contribution in [0.15, 0.2) is 53.0 Å². The van der Waals surface area contributed by atoms with Gasteiger partial charge in [-0.1, -0.05) is 19.4 Å². The van der Waals surface area contributed by atoms with Crippen molar-refractivity contribution >= 4 is 17.9 Å². The summed E-state index contributed by atoms with van der Waals surface area (Å²) in [6, 6.07) is 5.43. The summed E-state index contributed by atoms with van der Waals surface area (Å²) >= 11 is 0. The summed E-state index contributed by atoms with van der Waals surface area (Å²) in [6.07, 6.45) is 6.97. The van der Waals surface area contributed by atoms with E-state index in [4.69, 9.17) is 15.2 Å². The number of methoxy groups -OCH3 is 1. The number of nitrogens with zero attached hydrogens (tertiary/aromatic N) is 1. The van der Waals surface area contributed by atoms with Crippen LogP contribution in [0.2, 0.25) is 0 Å². The molecule has 1 heterocycles. The van der Waals surface area contributed by atoms with Gasteiger partial charge in [-0.3, -0.25) is 4.79 Å². The van der Waals surface area contributed by atoms with Crippen LogP contribution in [-0.4, -0.2) is 30.5 Å². The lowest BCUT2D eigenvalue weighted by Crippen LogP contribution is -2.30. The minimum absolute atomic E-state index is 0.289. The van der Waals surface area contributed by atoms with Crippen molar-refractivity contribution in [1.29, 1.82) is 0 Å². The van der Waals surface area contributed by atoms with Crippen LogP contribution in [0.1, 0.15) is 39.2 Å². The number of benzene rings is 1. The third-order valence-corrected chi connectivity index (χ3v) is 4.29. The number of ether oxygens (including phenoxy) is 2. The van der Waals surface area contributed by atoms with Crippen molar-refractivity contribution in [2.24, 2.45) is 5.73 Å². The van der Waals surface area contributed by atoms with Crippen molar-refractivity contribution in [3.8, 4) is 11.5 Å². The second-order valence-electron chi connectivity index (χ2n) is 6.47. The highest BCUT2D eigenvalue weighted by Crippen LogP contribution is 2.31. The van der Waals surface area contributed by atoms with Gasteiger partial charge in [-0.15, -0.1) is 0 Å². The Morgan fingerprint density at radius 3 is 2.43 bits per heavy atom. The van der Waals surface area contributed by atoms with Gasteiger partial charge in [0.2, 0.25) is 0 Å². The van der Waals surface area contributed by atoms with Gasteiger partial charge in [-0.2, -0.15) is 0 Å². The van der Waals surface area contributed by atoms with Crippen LogP contribution in [0, 0.1) is 0 Å². The summed E-state index contributed by atoms with van der Waals surface area (Å²) in [5.41, 5.74) is 8.53. The quantitative estimate of drug-likeness (QED) is 0.422. The maximum atomic E-state index is 12.2. The first kappa shape index (κ1) is 21.1. The van der Waals surface area contributed by atoms with Gasteiger partial charge in [0.25, 0.3) is 5.91 Å². The topological polar surface area (TPSA) is 81.9 Å².